The monoisotopic (exact) mass is 310 g/mol. The van der Waals surface area contributed by atoms with E-state index in [-0.39, 0.29) is 23.1 Å². The van der Waals surface area contributed by atoms with Gasteiger partial charge in [0, 0.05) is 6.61 Å². The van der Waals surface area contributed by atoms with E-state index in [1.54, 1.807) is 6.07 Å². The van der Waals surface area contributed by atoms with Crippen molar-refractivity contribution in [2.24, 2.45) is 10.2 Å². The number of azo groups is 1. The highest BCUT2D eigenvalue weighted by molar-refractivity contribution is 6.32. The summed E-state index contributed by atoms with van der Waals surface area (Å²) in [6.07, 6.45) is -3.22. The van der Waals surface area contributed by atoms with Crippen molar-refractivity contribution in [1.29, 1.82) is 0 Å². The molecule has 0 fully saturated rings. The minimum atomic E-state index is -4.45. The van der Waals surface area contributed by atoms with Crippen molar-refractivity contribution < 1.29 is 23.0 Å². The largest absolute Gasteiger partial charge is 0.480 e. The maximum absolute atomic E-state index is 12.2. The lowest BCUT2D eigenvalue weighted by molar-refractivity contribution is -0.153. The summed E-state index contributed by atoms with van der Waals surface area (Å²) >= 11 is 5.79. The van der Waals surface area contributed by atoms with Gasteiger partial charge < -0.3 is 9.84 Å². The third-order valence-electron chi connectivity index (χ3n) is 2.17. The second kappa shape index (κ2) is 8.06. The molecular formula is C12H14ClF3N2O2. The molecule has 0 aliphatic heterocycles. The first-order valence-corrected chi connectivity index (χ1v) is 6.28. The number of aliphatic hydroxyl groups excluding tert-OH is 1. The lowest BCUT2D eigenvalue weighted by atomic mass is 10.3. The molecule has 0 aliphatic carbocycles. The fourth-order valence-electron chi connectivity index (χ4n) is 1.29. The molecule has 0 spiro atoms. The summed E-state index contributed by atoms with van der Waals surface area (Å²) in [6.45, 7) is -1.01. The van der Waals surface area contributed by atoms with Crippen molar-refractivity contribution in [3.05, 3.63) is 23.2 Å². The SMILES string of the molecule is OCCCCN=Nc1cccc(Cl)c1OCC(F)(F)F. The molecule has 0 saturated carbocycles. The third-order valence-corrected chi connectivity index (χ3v) is 2.47. The fraction of sp³-hybridized carbons (Fsp3) is 0.500. The molecule has 0 radical (unpaired) electrons. The molecule has 0 amide bonds. The van der Waals surface area contributed by atoms with Gasteiger partial charge in [0.2, 0.25) is 0 Å². The number of hydrogen-bond donors (Lipinski definition) is 1. The van der Waals surface area contributed by atoms with Gasteiger partial charge in [-0.1, -0.05) is 17.7 Å². The summed E-state index contributed by atoms with van der Waals surface area (Å²) in [5.74, 6) is -0.141. The highest BCUT2D eigenvalue weighted by atomic mass is 35.5. The molecule has 1 N–H and O–H groups in total. The Labute approximate surface area is 119 Å². The molecule has 112 valence electrons. The highest BCUT2D eigenvalue weighted by Crippen LogP contribution is 2.36. The third kappa shape index (κ3) is 6.21. The van der Waals surface area contributed by atoms with E-state index in [0.717, 1.165) is 0 Å². The molecule has 8 heteroatoms. The molecule has 20 heavy (non-hydrogen) atoms. The minimum absolute atomic E-state index is 0.0426. The number of nitrogens with zero attached hydrogens (tertiary/aromatic N) is 2. The number of unbranched alkanes of at least 4 members (excludes halogenated alkanes) is 1. The maximum atomic E-state index is 12.2. The van der Waals surface area contributed by atoms with Gasteiger partial charge in [0.15, 0.2) is 12.4 Å². The first-order valence-electron chi connectivity index (χ1n) is 5.90. The van der Waals surface area contributed by atoms with Gasteiger partial charge in [-0.2, -0.15) is 23.4 Å². The molecular weight excluding hydrogens is 297 g/mol. The topological polar surface area (TPSA) is 54.2 Å². The Morgan fingerprint density at radius 3 is 2.65 bits per heavy atom. The molecule has 0 heterocycles. The van der Waals surface area contributed by atoms with Crippen molar-refractivity contribution in [2.45, 2.75) is 19.0 Å². The first-order chi connectivity index (χ1) is 9.44. The van der Waals surface area contributed by atoms with Crippen molar-refractivity contribution in [3.8, 4) is 5.75 Å². The van der Waals surface area contributed by atoms with Crippen LogP contribution >= 0.6 is 11.6 Å². The van der Waals surface area contributed by atoms with Gasteiger partial charge in [-0.3, -0.25) is 0 Å². The smallest absolute Gasteiger partial charge is 0.422 e. The molecule has 0 bridgehead atoms. The number of alkyl halides is 3. The molecule has 1 aromatic carbocycles. The molecule has 4 nitrogen and oxygen atoms in total. The average molecular weight is 311 g/mol. The number of aliphatic hydroxyl groups is 1. The van der Waals surface area contributed by atoms with E-state index in [2.05, 4.69) is 15.0 Å². The lowest BCUT2D eigenvalue weighted by Crippen LogP contribution is -2.19. The first kappa shape index (κ1) is 16.7. The van der Waals surface area contributed by atoms with Crippen LogP contribution in [-0.2, 0) is 0 Å². The zero-order chi connectivity index (χ0) is 15.0. The second-order valence-corrected chi connectivity index (χ2v) is 4.29. The normalized spacial score (nSPS) is 12.1. The van der Waals surface area contributed by atoms with Crippen LogP contribution in [0.5, 0.6) is 5.75 Å². The van der Waals surface area contributed by atoms with Crippen molar-refractivity contribution in [2.75, 3.05) is 19.8 Å². The molecule has 1 aromatic rings. The molecule has 0 saturated heterocycles. The molecule has 1 rings (SSSR count). The predicted molar refractivity (Wildman–Crippen MR) is 68.7 cm³/mol. The Kier molecular flexibility index (Phi) is 6.74. The van der Waals surface area contributed by atoms with Crippen LogP contribution in [0.1, 0.15) is 12.8 Å². The van der Waals surface area contributed by atoms with Gasteiger partial charge in [-0.25, -0.2) is 0 Å². The quantitative estimate of drug-likeness (QED) is 0.608. The molecule has 0 unspecified atom stereocenters. The summed E-state index contributed by atoms with van der Waals surface area (Å²) in [4.78, 5) is 0. The summed E-state index contributed by atoms with van der Waals surface area (Å²) in [5, 5.41) is 16.3. The van der Waals surface area contributed by atoms with E-state index < -0.39 is 12.8 Å². The van der Waals surface area contributed by atoms with Crippen LogP contribution in [0.3, 0.4) is 0 Å². The number of ether oxygens (including phenoxy) is 1. The van der Waals surface area contributed by atoms with Gasteiger partial charge in [0.1, 0.15) is 5.69 Å². The standard InChI is InChI=1S/C12H14ClF3N2O2/c13-9-4-3-5-10(18-17-6-1-2-7-19)11(9)20-8-12(14,15)16/h3-5,19H,1-2,6-8H2. The van der Waals surface area contributed by atoms with Crippen LogP contribution in [0.2, 0.25) is 5.02 Å². The molecule has 0 aromatic heterocycles. The summed E-state index contributed by atoms with van der Waals surface area (Å²) in [7, 11) is 0. The number of para-hydroxylation sites is 1. The number of rotatable bonds is 7. The van der Waals surface area contributed by atoms with E-state index in [4.69, 9.17) is 16.7 Å². The average Bonchev–Trinajstić information content (AvgIpc) is 2.36. The highest BCUT2D eigenvalue weighted by Gasteiger charge is 2.29. The Bertz CT molecular complexity index is 453. The number of hydrogen-bond acceptors (Lipinski definition) is 4. The van der Waals surface area contributed by atoms with Crippen LogP contribution in [0.25, 0.3) is 0 Å². The zero-order valence-electron chi connectivity index (χ0n) is 10.5. The van der Waals surface area contributed by atoms with Crippen LogP contribution in [0.15, 0.2) is 28.4 Å². The van der Waals surface area contributed by atoms with Gasteiger partial charge in [-0.15, -0.1) is 0 Å². The Morgan fingerprint density at radius 2 is 2.00 bits per heavy atom. The van der Waals surface area contributed by atoms with Crippen LogP contribution in [0.4, 0.5) is 18.9 Å². The van der Waals surface area contributed by atoms with Gasteiger partial charge in [0.05, 0.1) is 11.6 Å². The van der Waals surface area contributed by atoms with Crippen molar-refractivity contribution >= 4 is 17.3 Å². The van der Waals surface area contributed by atoms with Crippen LogP contribution in [0, 0.1) is 0 Å². The maximum Gasteiger partial charge on any atom is 0.422 e. The Balaban J connectivity index is 2.72. The van der Waals surface area contributed by atoms with Gasteiger partial charge in [-0.05, 0) is 25.0 Å². The van der Waals surface area contributed by atoms with E-state index in [1.807, 2.05) is 0 Å². The Morgan fingerprint density at radius 1 is 1.25 bits per heavy atom. The summed E-state index contributed by atoms with van der Waals surface area (Å²) in [5.41, 5.74) is 0.144. The zero-order valence-corrected chi connectivity index (χ0v) is 11.3. The minimum Gasteiger partial charge on any atom is -0.480 e. The second-order valence-electron chi connectivity index (χ2n) is 3.89. The number of halogens is 4. The van der Waals surface area contributed by atoms with Crippen molar-refractivity contribution in [3.63, 3.8) is 0 Å². The fourth-order valence-corrected chi connectivity index (χ4v) is 1.52. The van der Waals surface area contributed by atoms with E-state index in [0.29, 0.717) is 19.4 Å². The molecule has 0 aliphatic rings. The van der Waals surface area contributed by atoms with E-state index >= 15 is 0 Å². The van der Waals surface area contributed by atoms with Crippen molar-refractivity contribution in [1.82, 2.24) is 0 Å². The Hall–Kier alpha value is -1.34. The van der Waals surface area contributed by atoms with Crippen LogP contribution in [-0.4, -0.2) is 31.0 Å². The number of benzene rings is 1. The summed E-state index contributed by atoms with van der Waals surface area (Å²) < 4.78 is 41.1. The van der Waals surface area contributed by atoms with E-state index in [9.17, 15) is 13.2 Å². The molecule has 0 atom stereocenters. The lowest BCUT2D eigenvalue weighted by Gasteiger charge is -2.11. The van der Waals surface area contributed by atoms with Gasteiger partial charge in [0.25, 0.3) is 0 Å². The summed E-state index contributed by atoms with van der Waals surface area (Å²) in [6, 6.07) is 4.43. The predicted octanol–water partition coefficient (Wildman–Crippen LogP) is 4.14. The van der Waals surface area contributed by atoms with Crippen LogP contribution < -0.4 is 4.74 Å². The van der Waals surface area contributed by atoms with E-state index in [1.165, 1.54) is 12.1 Å². The van der Waals surface area contributed by atoms with Gasteiger partial charge >= 0.3 is 6.18 Å².